The van der Waals surface area contributed by atoms with Crippen LogP contribution in [0.25, 0.3) is 0 Å². The van der Waals surface area contributed by atoms with Crippen LogP contribution in [0.1, 0.15) is 25.7 Å². The fraction of sp³-hybridized carbons (Fsp3) is 0.500. The number of rotatable bonds is 8. The largest absolute Gasteiger partial charge is 0.481 e. The first-order valence-corrected chi connectivity index (χ1v) is 5.68. The average molecular weight is 238 g/mol. The molecule has 0 radical (unpaired) electrons. The lowest BCUT2D eigenvalue weighted by atomic mass is 10.2. The van der Waals surface area contributed by atoms with Crippen molar-refractivity contribution in [3.63, 3.8) is 0 Å². The van der Waals surface area contributed by atoms with E-state index in [9.17, 15) is 4.79 Å². The maximum absolute atomic E-state index is 10.3. The van der Waals surface area contributed by atoms with E-state index in [0.29, 0.717) is 5.88 Å². The predicted octanol–water partition coefficient (Wildman–Crippen LogP) is 2.15. The summed E-state index contributed by atoms with van der Waals surface area (Å²) in [7, 11) is 1.58. The minimum absolute atomic E-state index is 0.254. The summed E-state index contributed by atoms with van der Waals surface area (Å²) >= 11 is 0. The van der Waals surface area contributed by atoms with E-state index in [4.69, 9.17) is 9.84 Å². The van der Waals surface area contributed by atoms with E-state index in [1.165, 1.54) is 0 Å². The first kappa shape index (κ1) is 13.3. The van der Waals surface area contributed by atoms with Crippen LogP contribution in [0.3, 0.4) is 0 Å². The molecule has 0 aromatic carbocycles. The zero-order chi connectivity index (χ0) is 12.5. The summed E-state index contributed by atoms with van der Waals surface area (Å²) in [5.74, 6) is -0.130. The Labute approximate surface area is 101 Å². The fourth-order valence-electron chi connectivity index (χ4n) is 1.42. The highest BCUT2D eigenvalue weighted by atomic mass is 16.5. The summed E-state index contributed by atoms with van der Waals surface area (Å²) in [6, 6.07) is 3.70. The molecule has 0 bridgehead atoms. The molecule has 1 heterocycles. The number of carboxylic acids is 1. The quantitative estimate of drug-likeness (QED) is 0.679. The van der Waals surface area contributed by atoms with Crippen LogP contribution in [0.4, 0.5) is 5.69 Å². The van der Waals surface area contributed by atoms with Crippen LogP contribution in [-0.4, -0.2) is 29.7 Å². The predicted molar refractivity (Wildman–Crippen MR) is 65.4 cm³/mol. The van der Waals surface area contributed by atoms with Gasteiger partial charge in [0.05, 0.1) is 19.0 Å². The van der Waals surface area contributed by atoms with Gasteiger partial charge in [0.2, 0.25) is 5.88 Å². The van der Waals surface area contributed by atoms with Gasteiger partial charge in [0.25, 0.3) is 0 Å². The maximum atomic E-state index is 10.3. The van der Waals surface area contributed by atoms with Gasteiger partial charge in [-0.25, -0.2) is 4.98 Å². The Balaban J connectivity index is 2.11. The summed E-state index contributed by atoms with van der Waals surface area (Å²) in [4.78, 5) is 14.4. The lowest BCUT2D eigenvalue weighted by Crippen LogP contribution is -2.02. The highest BCUT2D eigenvalue weighted by Gasteiger charge is 1.97. The van der Waals surface area contributed by atoms with E-state index >= 15 is 0 Å². The van der Waals surface area contributed by atoms with Crippen LogP contribution >= 0.6 is 0 Å². The van der Waals surface area contributed by atoms with E-state index in [2.05, 4.69) is 10.3 Å². The van der Waals surface area contributed by atoms with Crippen molar-refractivity contribution in [3.8, 4) is 5.88 Å². The number of carboxylic acid groups (broad SMARTS) is 1. The standard InChI is InChI=1S/C12H18N2O3/c1-17-11-7-6-10(9-14-11)13-8-4-2-3-5-12(15)16/h6-7,9,13H,2-5,8H2,1H3,(H,15,16). The van der Waals surface area contributed by atoms with Gasteiger partial charge in [-0.15, -0.1) is 0 Å². The highest BCUT2D eigenvalue weighted by molar-refractivity contribution is 5.66. The molecule has 0 aliphatic carbocycles. The third kappa shape index (κ3) is 5.75. The second-order valence-corrected chi connectivity index (χ2v) is 3.72. The summed E-state index contributed by atoms with van der Waals surface area (Å²) in [5, 5.41) is 11.7. The lowest BCUT2D eigenvalue weighted by molar-refractivity contribution is -0.137. The highest BCUT2D eigenvalue weighted by Crippen LogP contribution is 2.11. The van der Waals surface area contributed by atoms with Crippen LogP contribution in [0.2, 0.25) is 0 Å². The molecule has 0 unspecified atom stereocenters. The number of hydrogen-bond donors (Lipinski definition) is 2. The molecule has 0 aliphatic heterocycles. The number of nitrogens with one attached hydrogen (secondary N) is 1. The molecule has 1 rings (SSSR count). The zero-order valence-corrected chi connectivity index (χ0v) is 9.98. The van der Waals surface area contributed by atoms with Crippen molar-refractivity contribution in [1.82, 2.24) is 4.98 Å². The molecule has 0 atom stereocenters. The van der Waals surface area contributed by atoms with Crippen LogP contribution in [0, 0.1) is 0 Å². The Bertz CT molecular complexity index is 338. The van der Waals surface area contributed by atoms with Crippen molar-refractivity contribution < 1.29 is 14.6 Å². The first-order valence-electron chi connectivity index (χ1n) is 5.68. The molecule has 0 aliphatic rings. The number of carbonyl (C=O) groups is 1. The van der Waals surface area contributed by atoms with Gasteiger partial charge in [-0.3, -0.25) is 4.79 Å². The zero-order valence-electron chi connectivity index (χ0n) is 9.98. The van der Waals surface area contributed by atoms with E-state index in [1.54, 1.807) is 19.4 Å². The van der Waals surface area contributed by atoms with Crippen molar-refractivity contribution in [2.24, 2.45) is 0 Å². The number of nitrogens with zero attached hydrogens (tertiary/aromatic N) is 1. The molecule has 17 heavy (non-hydrogen) atoms. The smallest absolute Gasteiger partial charge is 0.303 e. The second kappa shape index (κ2) is 7.49. The topological polar surface area (TPSA) is 71.5 Å². The molecule has 0 saturated carbocycles. The summed E-state index contributed by atoms with van der Waals surface area (Å²) < 4.78 is 4.95. The molecule has 0 fully saturated rings. The van der Waals surface area contributed by atoms with E-state index < -0.39 is 5.97 Å². The Morgan fingerprint density at radius 2 is 2.24 bits per heavy atom. The van der Waals surface area contributed by atoms with Gasteiger partial charge in [0, 0.05) is 19.0 Å². The Kier molecular flexibility index (Phi) is 5.85. The molecule has 5 nitrogen and oxygen atoms in total. The molecule has 5 heteroatoms. The number of hydrogen-bond acceptors (Lipinski definition) is 4. The number of pyridine rings is 1. The van der Waals surface area contributed by atoms with Crippen LogP contribution < -0.4 is 10.1 Å². The number of ether oxygens (including phenoxy) is 1. The molecular weight excluding hydrogens is 220 g/mol. The third-order valence-corrected chi connectivity index (χ3v) is 2.34. The van der Waals surface area contributed by atoms with Crippen molar-refractivity contribution >= 4 is 11.7 Å². The van der Waals surface area contributed by atoms with Crippen molar-refractivity contribution in [2.45, 2.75) is 25.7 Å². The van der Waals surface area contributed by atoms with Gasteiger partial charge in [-0.05, 0) is 18.9 Å². The van der Waals surface area contributed by atoms with Gasteiger partial charge < -0.3 is 15.2 Å². The van der Waals surface area contributed by atoms with Crippen molar-refractivity contribution in [1.29, 1.82) is 0 Å². The van der Waals surface area contributed by atoms with Gasteiger partial charge in [-0.1, -0.05) is 6.42 Å². The summed E-state index contributed by atoms with van der Waals surface area (Å²) in [6.45, 7) is 0.827. The Morgan fingerprint density at radius 3 is 2.82 bits per heavy atom. The van der Waals surface area contributed by atoms with E-state index in [1.807, 2.05) is 6.07 Å². The van der Waals surface area contributed by atoms with E-state index in [0.717, 1.165) is 31.5 Å². The fourth-order valence-corrected chi connectivity index (χ4v) is 1.42. The second-order valence-electron chi connectivity index (χ2n) is 3.72. The first-order chi connectivity index (χ1) is 8.22. The number of anilines is 1. The van der Waals surface area contributed by atoms with Crippen molar-refractivity contribution in [2.75, 3.05) is 19.0 Å². The van der Waals surface area contributed by atoms with E-state index in [-0.39, 0.29) is 6.42 Å². The number of aromatic nitrogens is 1. The molecular formula is C12H18N2O3. The molecule has 1 aromatic rings. The van der Waals surface area contributed by atoms with Gasteiger partial charge in [0.15, 0.2) is 0 Å². The van der Waals surface area contributed by atoms with Gasteiger partial charge in [0.1, 0.15) is 0 Å². The van der Waals surface area contributed by atoms with Crippen LogP contribution in [0.15, 0.2) is 18.3 Å². The maximum Gasteiger partial charge on any atom is 0.303 e. The molecule has 0 saturated heterocycles. The molecule has 0 amide bonds. The Morgan fingerprint density at radius 1 is 1.41 bits per heavy atom. The minimum atomic E-state index is -0.725. The average Bonchev–Trinajstić information content (AvgIpc) is 2.34. The van der Waals surface area contributed by atoms with Crippen LogP contribution in [0.5, 0.6) is 5.88 Å². The third-order valence-electron chi connectivity index (χ3n) is 2.34. The lowest BCUT2D eigenvalue weighted by Gasteiger charge is -2.06. The number of unbranched alkanes of at least 4 members (excludes halogenated alkanes) is 2. The summed E-state index contributed by atoms with van der Waals surface area (Å²) in [5.41, 5.74) is 0.948. The minimum Gasteiger partial charge on any atom is -0.481 e. The normalized spacial score (nSPS) is 9.94. The van der Waals surface area contributed by atoms with Gasteiger partial charge in [-0.2, -0.15) is 0 Å². The van der Waals surface area contributed by atoms with Gasteiger partial charge >= 0.3 is 5.97 Å². The summed E-state index contributed by atoms with van der Waals surface area (Å²) in [6.07, 6.45) is 4.58. The monoisotopic (exact) mass is 238 g/mol. The number of aliphatic carboxylic acids is 1. The number of methoxy groups -OCH3 is 1. The molecule has 94 valence electrons. The molecule has 2 N–H and O–H groups in total. The SMILES string of the molecule is COc1ccc(NCCCCCC(=O)O)cn1. The molecule has 0 spiro atoms. The molecule has 1 aromatic heterocycles. The van der Waals surface area contributed by atoms with Crippen molar-refractivity contribution in [3.05, 3.63) is 18.3 Å². The van der Waals surface area contributed by atoms with Crippen LogP contribution in [-0.2, 0) is 4.79 Å². The Hall–Kier alpha value is -1.78.